The summed E-state index contributed by atoms with van der Waals surface area (Å²) in [6.45, 7) is 4.23. The minimum Gasteiger partial charge on any atom is -0.392 e. The van der Waals surface area contributed by atoms with Gasteiger partial charge >= 0.3 is 0 Å². The van der Waals surface area contributed by atoms with Crippen LogP contribution in [0.4, 0.5) is 18.9 Å². The van der Waals surface area contributed by atoms with E-state index in [9.17, 15) is 23.1 Å². The lowest BCUT2D eigenvalue weighted by Gasteiger charge is -2.41. The van der Waals surface area contributed by atoms with Crippen LogP contribution < -0.4 is 5.32 Å². The quantitative estimate of drug-likeness (QED) is 0.607. The van der Waals surface area contributed by atoms with Gasteiger partial charge in [-0.15, -0.1) is 0 Å². The van der Waals surface area contributed by atoms with E-state index in [0.717, 1.165) is 49.8 Å². The number of nitrogens with one attached hydrogen (secondary N) is 1. The van der Waals surface area contributed by atoms with E-state index in [1.807, 2.05) is 6.07 Å². The van der Waals surface area contributed by atoms with Gasteiger partial charge in [-0.1, -0.05) is 0 Å². The number of amides is 1. The fourth-order valence-electron chi connectivity index (χ4n) is 5.94. The number of rotatable bonds is 5. The highest BCUT2D eigenvalue weighted by Crippen LogP contribution is 2.44. The van der Waals surface area contributed by atoms with Gasteiger partial charge in [-0.2, -0.15) is 0 Å². The van der Waals surface area contributed by atoms with Crippen LogP contribution in [0.15, 0.2) is 42.5 Å². The molecule has 3 aliphatic rings. The maximum absolute atomic E-state index is 13.9. The molecule has 0 saturated carbocycles. The number of aliphatic hydroxyl groups excluding tert-OH is 1. The van der Waals surface area contributed by atoms with Crippen molar-refractivity contribution in [2.24, 2.45) is 5.92 Å². The van der Waals surface area contributed by atoms with Crippen molar-refractivity contribution in [3.8, 4) is 0 Å². The van der Waals surface area contributed by atoms with Crippen LogP contribution in [0.1, 0.15) is 36.8 Å². The third-order valence-electron chi connectivity index (χ3n) is 8.13. The van der Waals surface area contributed by atoms with Crippen molar-refractivity contribution in [2.75, 3.05) is 44.6 Å². The summed E-state index contributed by atoms with van der Waals surface area (Å²) >= 11 is 0. The van der Waals surface area contributed by atoms with E-state index in [4.69, 9.17) is 0 Å². The minimum absolute atomic E-state index is 0.0323. The third-order valence-corrected chi connectivity index (χ3v) is 8.13. The van der Waals surface area contributed by atoms with Gasteiger partial charge in [-0.25, -0.2) is 13.2 Å². The number of carbonyl (C=O) groups excluding carboxylic acids is 1. The molecule has 0 aromatic heterocycles. The van der Waals surface area contributed by atoms with Crippen molar-refractivity contribution >= 4 is 17.7 Å². The van der Waals surface area contributed by atoms with Gasteiger partial charge < -0.3 is 20.2 Å². The summed E-state index contributed by atoms with van der Waals surface area (Å²) in [5, 5.41) is 14.3. The Morgan fingerprint density at radius 3 is 2.42 bits per heavy atom. The molecule has 1 amide bonds. The fraction of sp³-hybridized carbons (Fsp3) is 0.464. The minimum atomic E-state index is -0.681. The Morgan fingerprint density at radius 2 is 1.72 bits per heavy atom. The summed E-state index contributed by atoms with van der Waals surface area (Å²) < 4.78 is 40.5. The number of carbonyl (C=O) groups is 1. The number of anilines is 1. The fourth-order valence-corrected chi connectivity index (χ4v) is 5.94. The molecule has 3 aliphatic heterocycles. The SMILES string of the molecule is O=C(/C=C/c1cc(F)cc(F)c1)N1CCC(C(O)CN2CCC3(CC2)CNc2ccc(F)cc23)CC1. The first kappa shape index (κ1) is 24.8. The number of benzene rings is 2. The van der Waals surface area contributed by atoms with Gasteiger partial charge in [0, 0.05) is 49.4 Å². The zero-order valence-electron chi connectivity index (χ0n) is 20.2. The van der Waals surface area contributed by atoms with Gasteiger partial charge in [0.05, 0.1) is 6.10 Å². The predicted octanol–water partition coefficient (Wildman–Crippen LogP) is 4.18. The van der Waals surface area contributed by atoms with Crippen molar-refractivity contribution in [3.05, 3.63) is 71.1 Å². The average molecular weight is 500 g/mol. The molecular formula is C28H32F3N3O2. The largest absolute Gasteiger partial charge is 0.392 e. The van der Waals surface area contributed by atoms with Gasteiger partial charge in [0.15, 0.2) is 0 Å². The van der Waals surface area contributed by atoms with Crippen molar-refractivity contribution < 1.29 is 23.1 Å². The Labute approximate surface area is 209 Å². The highest BCUT2D eigenvalue weighted by Gasteiger charge is 2.42. The number of hydrogen-bond acceptors (Lipinski definition) is 4. The van der Waals surface area contributed by atoms with Gasteiger partial charge in [-0.05, 0) is 92.2 Å². The number of halogens is 3. The van der Waals surface area contributed by atoms with E-state index in [0.29, 0.717) is 38.0 Å². The van der Waals surface area contributed by atoms with E-state index in [1.54, 1.807) is 11.0 Å². The number of likely N-dealkylation sites (tertiary alicyclic amines) is 2. The molecule has 8 heteroatoms. The molecule has 1 unspecified atom stereocenters. The van der Waals surface area contributed by atoms with Gasteiger partial charge in [0.25, 0.3) is 0 Å². The Kier molecular flexibility index (Phi) is 7.08. The summed E-state index contributed by atoms with van der Waals surface area (Å²) in [6.07, 6.45) is 5.58. The number of fused-ring (bicyclic) bond motifs is 2. The average Bonchev–Trinajstić information content (AvgIpc) is 3.20. The first-order chi connectivity index (χ1) is 17.3. The van der Waals surface area contributed by atoms with Crippen LogP contribution in [0.25, 0.3) is 6.08 Å². The zero-order valence-corrected chi connectivity index (χ0v) is 20.2. The van der Waals surface area contributed by atoms with E-state index >= 15 is 0 Å². The van der Waals surface area contributed by atoms with Crippen molar-refractivity contribution in [2.45, 2.75) is 37.2 Å². The summed E-state index contributed by atoms with van der Waals surface area (Å²) in [7, 11) is 0. The Bertz CT molecular complexity index is 1120. The highest BCUT2D eigenvalue weighted by molar-refractivity contribution is 5.91. The monoisotopic (exact) mass is 499 g/mol. The van der Waals surface area contributed by atoms with Crippen LogP contribution in [-0.2, 0) is 10.2 Å². The lowest BCUT2D eigenvalue weighted by Crippen LogP contribution is -2.48. The van der Waals surface area contributed by atoms with E-state index in [1.165, 1.54) is 30.4 Å². The third kappa shape index (κ3) is 5.30. The molecule has 5 rings (SSSR count). The van der Waals surface area contributed by atoms with Crippen LogP contribution in [0.2, 0.25) is 0 Å². The topological polar surface area (TPSA) is 55.8 Å². The normalized spacial score (nSPS) is 21.1. The highest BCUT2D eigenvalue weighted by atomic mass is 19.1. The molecule has 2 fully saturated rings. The first-order valence-electron chi connectivity index (χ1n) is 12.7. The predicted molar refractivity (Wildman–Crippen MR) is 133 cm³/mol. The first-order valence-corrected chi connectivity index (χ1v) is 12.7. The number of nitrogens with zero attached hydrogens (tertiary/aromatic N) is 2. The standard InChI is InChI=1S/C28H32F3N3O2/c29-21-2-3-25-24(16-21)28(18-32-25)7-11-33(12-8-28)17-26(35)20-5-9-34(10-6-20)27(36)4-1-19-13-22(30)15-23(31)14-19/h1-4,13-16,20,26,32,35H,5-12,17-18H2/b4-1+. The molecule has 3 heterocycles. The second-order valence-corrected chi connectivity index (χ2v) is 10.4. The van der Waals surface area contributed by atoms with Crippen LogP contribution in [0, 0.1) is 23.4 Å². The molecule has 2 saturated heterocycles. The van der Waals surface area contributed by atoms with Crippen molar-refractivity contribution in [1.82, 2.24) is 9.80 Å². The van der Waals surface area contributed by atoms with Crippen LogP contribution >= 0.6 is 0 Å². The van der Waals surface area contributed by atoms with Crippen molar-refractivity contribution in [1.29, 1.82) is 0 Å². The van der Waals surface area contributed by atoms with Crippen LogP contribution in [-0.4, -0.2) is 66.2 Å². The second kappa shape index (κ2) is 10.3. The maximum atomic E-state index is 13.9. The summed E-state index contributed by atoms with van der Waals surface area (Å²) in [5.74, 6) is -1.64. The molecule has 0 bridgehead atoms. The lowest BCUT2D eigenvalue weighted by atomic mass is 9.74. The molecule has 36 heavy (non-hydrogen) atoms. The van der Waals surface area contributed by atoms with Crippen LogP contribution in [0.5, 0.6) is 0 Å². The molecule has 2 N–H and O–H groups in total. The van der Waals surface area contributed by atoms with E-state index in [2.05, 4.69) is 10.2 Å². The molecule has 0 radical (unpaired) electrons. The molecule has 0 aliphatic carbocycles. The molecular weight excluding hydrogens is 467 g/mol. The Balaban J connectivity index is 1.08. The lowest BCUT2D eigenvalue weighted by molar-refractivity contribution is -0.128. The maximum Gasteiger partial charge on any atom is 0.246 e. The smallest absolute Gasteiger partial charge is 0.246 e. The van der Waals surface area contributed by atoms with E-state index < -0.39 is 17.7 Å². The van der Waals surface area contributed by atoms with Gasteiger partial charge in [0.1, 0.15) is 17.5 Å². The van der Waals surface area contributed by atoms with Gasteiger partial charge in [0.2, 0.25) is 5.91 Å². The Hall–Kier alpha value is -2.84. The number of piperidine rings is 2. The molecule has 1 spiro atoms. The molecule has 5 nitrogen and oxygen atoms in total. The Morgan fingerprint density at radius 1 is 1.03 bits per heavy atom. The van der Waals surface area contributed by atoms with Crippen molar-refractivity contribution in [3.63, 3.8) is 0 Å². The zero-order chi connectivity index (χ0) is 25.3. The van der Waals surface area contributed by atoms with E-state index in [-0.39, 0.29) is 23.1 Å². The number of β-amino-alcohol motifs (C(OH)–C–C–N with tert-alkyl or cyclic N) is 1. The second-order valence-electron chi connectivity index (χ2n) is 10.4. The summed E-state index contributed by atoms with van der Waals surface area (Å²) in [5.41, 5.74) is 2.38. The van der Waals surface area contributed by atoms with Crippen LogP contribution in [0.3, 0.4) is 0 Å². The van der Waals surface area contributed by atoms with Gasteiger partial charge in [-0.3, -0.25) is 4.79 Å². The number of hydrogen-bond donors (Lipinski definition) is 2. The number of aliphatic hydroxyl groups is 1. The summed E-state index contributed by atoms with van der Waals surface area (Å²) in [4.78, 5) is 16.5. The molecule has 1 atom stereocenters. The summed E-state index contributed by atoms with van der Waals surface area (Å²) in [6, 6.07) is 8.14. The molecule has 2 aromatic carbocycles. The molecule has 2 aromatic rings. The molecule has 192 valence electrons.